The van der Waals surface area contributed by atoms with E-state index >= 15 is 0 Å². The van der Waals surface area contributed by atoms with Crippen LogP contribution in [0.1, 0.15) is 45.4 Å². The molecule has 0 spiro atoms. The summed E-state index contributed by atoms with van der Waals surface area (Å²) in [6, 6.07) is 0.461. The molecule has 1 rings (SSSR count). The van der Waals surface area contributed by atoms with Crippen molar-refractivity contribution >= 4 is 5.97 Å². The van der Waals surface area contributed by atoms with Gasteiger partial charge in [0, 0.05) is 6.04 Å². The van der Waals surface area contributed by atoms with Crippen molar-refractivity contribution in [3.8, 4) is 0 Å². The maximum atomic E-state index is 11.3. The number of rotatable bonds is 4. The molecular weight excluding hydrogens is 178 g/mol. The summed E-state index contributed by atoms with van der Waals surface area (Å²) in [4.78, 5) is 11.3. The van der Waals surface area contributed by atoms with Crippen LogP contribution in [0, 0.1) is 0 Å². The third kappa shape index (κ3) is 3.29. The Balaban J connectivity index is 2.31. The second kappa shape index (κ2) is 6.02. The van der Waals surface area contributed by atoms with Gasteiger partial charge in [0.2, 0.25) is 0 Å². The molecule has 0 aliphatic carbocycles. The van der Waals surface area contributed by atoms with E-state index in [-0.39, 0.29) is 12.0 Å². The molecule has 1 N–H and O–H groups in total. The monoisotopic (exact) mass is 199 g/mol. The number of nitrogens with one attached hydrogen (secondary N) is 1. The van der Waals surface area contributed by atoms with Crippen LogP contribution in [-0.4, -0.2) is 25.2 Å². The lowest BCUT2D eigenvalue weighted by atomic mass is 9.95. The minimum absolute atomic E-state index is 0.0596. The van der Waals surface area contributed by atoms with Gasteiger partial charge in [-0.25, -0.2) is 0 Å². The van der Waals surface area contributed by atoms with E-state index in [4.69, 9.17) is 4.74 Å². The highest BCUT2D eigenvalue weighted by Crippen LogP contribution is 2.17. The van der Waals surface area contributed by atoms with E-state index in [1.165, 1.54) is 32.8 Å². The number of hydrogen-bond donors (Lipinski definition) is 1. The molecule has 3 nitrogen and oxygen atoms in total. The van der Waals surface area contributed by atoms with Gasteiger partial charge < -0.3 is 10.1 Å². The van der Waals surface area contributed by atoms with Gasteiger partial charge in [0.25, 0.3) is 0 Å². The minimum Gasteiger partial charge on any atom is -0.468 e. The van der Waals surface area contributed by atoms with E-state index in [9.17, 15) is 4.79 Å². The molecule has 0 radical (unpaired) electrons. The molecule has 0 saturated carbocycles. The first-order chi connectivity index (χ1) is 6.77. The van der Waals surface area contributed by atoms with Crippen molar-refractivity contribution < 1.29 is 9.53 Å². The fourth-order valence-corrected chi connectivity index (χ4v) is 2.03. The van der Waals surface area contributed by atoms with Crippen LogP contribution in [0.3, 0.4) is 0 Å². The summed E-state index contributed by atoms with van der Waals surface area (Å²) < 4.78 is 4.74. The second-order valence-corrected chi connectivity index (χ2v) is 4.01. The Bertz CT molecular complexity index is 182. The average Bonchev–Trinajstić information content (AvgIpc) is 2.25. The average molecular weight is 199 g/mol. The zero-order valence-electron chi connectivity index (χ0n) is 9.21. The summed E-state index contributed by atoms with van der Waals surface area (Å²) in [6.45, 7) is 2.20. The van der Waals surface area contributed by atoms with Crippen LogP contribution >= 0.6 is 0 Å². The molecule has 3 heteroatoms. The number of hydrogen-bond acceptors (Lipinski definition) is 3. The third-order valence-electron chi connectivity index (χ3n) is 2.87. The Morgan fingerprint density at radius 3 is 2.93 bits per heavy atom. The van der Waals surface area contributed by atoms with E-state index < -0.39 is 0 Å². The minimum atomic E-state index is -0.105. The van der Waals surface area contributed by atoms with Crippen LogP contribution in [0.4, 0.5) is 0 Å². The lowest BCUT2D eigenvalue weighted by molar-refractivity contribution is -0.144. The van der Waals surface area contributed by atoms with Crippen molar-refractivity contribution in [1.82, 2.24) is 5.32 Å². The van der Waals surface area contributed by atoms with Gasteiger partial charge in [-0.15, -0.1) is 0 Å². The molecule has 0 unspecified atom stereocenters. The number of piperidine rings is 1. The van der Waals surface area contributed by atoms with E-state index in [2.05, 4.69) is 12.2 Å². The van der Waals surface area contributed by atoms with Crippen molar-refractivity contribution in [2.45, 2.75) is 57.5 Å². The van der Waals surface area contributed by atoms with Gasteiger partial charge in [0.1, 0.15) is 6.04 Å². The summed E-state index contributed by atoms with van der Waals surface area (Å²) >= 11 is 0. The molecule has 0 amide bonds. The molecule has 0 bridgehead atoms. The third-order valence-corrected chi connectivity index (χ3v) is 2.87. The highest BCUT2D eigenvalue weighted by atomic mass is 16.5. The van der Waals surface area contributed by atoms with E-state index in [1.54, 1.807) is 0 Å². The van der Waals surface area contributed by atoms with Crippen LogP contribution in [0.15, 0.2) is 0 Å². The van der Waals surface area contributed by atoms with E-state index in [0.29, 0.717) is 6.04 Å². The highest BCUT2D eigenvalue weighted by Gasteiger charge is 2.26. The Hall–Kier alpha value is -0.570. The zero-order chi connectivity index (χ0) is 10.4. The first-order valence-corrected chi connectivity index (χ1v) is 5.61. The number of carbonyl (C=O) groups is 1. The molecule has 0 aromatic rings. The van der Waals surface area contributed by atoms with Gasteiger partial charge in [-0.1, -0.05) is 19.8 Å². The number of carbonyl (C=O) groups excluding carboxylic acids is 1. The Morgan fingerprint density at radius 2 is 2.29 bits per heavy atom. The van der Waals surface area contributed by atoms with Crippen LogP contribution < -0.4 is 5.32 Å². The zero-order valence-corrected chi connectivity index (χ0v) is 9.21. The van der Waals surface area contributed by atoms with E-state index in [0.717, 1.165) is 12.8 Å². The molecular formula is C11H21NO2. The van der Waals surface area contributed by atoms with Crippen molar-refractivity contribution in [2.75, 3.05) is 7.11 Å². The first kappa shape index (κ1) is 11.5. The molecule has 2 atom stereocenters. The highest BCUT2D eigenvalue weighted by molar-refractivity contribution is 5.75. The lowest BCUT2D eigenvalue weighted by Crippen LogP contribution is -2.47. The number of ether oxygens (including phenoxy) is 1. The smallest absolute Gasteiger partial charge is 0.322 e. The van der Waals surface area contributed by atoms with Crippen LogP contribution in [0.2, 0.25) is 0 Å². The van der Waals surface area contributed by atoms with Crippen molar-refractivity contribution in [3.05, 3.63) is 0 Å². The summed E-state index contributed by atoms with van der Waals surface area (Å²) in [6.07, 6.45) is 6.92. The maximum absolute atomic E-state index is 11.3. The fraction of sp³-hybridized carbons (Fsp3) is 0.909. The van der Waals surface area contributed by atoms with Crippen LogP contribution in [0.5, 0.6) is 0 Å². The summed E-state index contributed by atoms with van der Waals surface area (Å²) in [7, 11) is 1.46. The normalized spacial score (nSPS) is 27.3. The van der Waals surface area contributed by atoms with E-state index in [1.807, 2.05) is 0 Å². The van der Waals surface area contributed by atoms with Crippen molar-refractivity contribution in [3.63, 3.8) is 0 Å². The van der Waals surface area contributed by atoms with Gasteiger partial charge in [-0.3, -0.25) is 4.79 Å². The maximum Gasteiger partial charge on any atom is 0.322 e. The van der Waals surface area contributed by atoms with Gasteiger partial charge in [0.15, 0.2) is 0 Å². The van der Waals surface area contributed by atoms with Gasteiger partial charge in [0.05, 0.1) is 7.11 Å². The number of methoxy groups -OCH3 is 1. The fourth-order valence-electron chi connectivity index (χ4n) is 2.03. The Kier molecular flexibility index (Phi) is 4.94. The molecule has 1 saturated heterocycles. The molecule has 1 heterocycles. The van der Waals surface area contributed by atoms with Gasteiger partial charge in [-0.2, -0.15) is 0 Å². The number of unbranched alkanes of at least 4 members (excludes halogenated alkanes) is 1. The van der Waals surface area contributed by atoms with Gasteiger partial charge >= 0.3 is 5.97 Å². The standard InChI is InChI=1S/C11H21NO2/c1-3-4-6-9-7-5-8-10(12-9)11(13)14-2/h9-10,12H,3-8H2,1-2H3/t9-,10-/m1/s1. The van der Waals surface area contributed by atoms with Crippen molar-refractivity contribution in [2.24, 2.45) is 0 Å². The first-order valence-electron chi connectivity index (χ1n) is 5.61. The van der Waals surface area contributed by atoms with Crippen LogP contribution in [-0.2, 0) is 9.53 Å². The molecule has 14 heavy (non-hydrogen) atoms. The summed E-state index contributed by atoms with van der Waals surface area (Å²) in [5, 5.41) is 3.36. The largest absolute Gasteiger partial charge is 0.468 e. The molecule has 0 aromatic heterocycles. The molecule has 1 aliphatic rings. The summed E-state index contributed by atoms with van der Waals surface area (Å²) in [5.74, 6) is -0.105. The molecule has 1 aliphatic heterocycles. The predicted molar refractivity (Wildman–Crippen MR) is 56.1 cm³/mol. The molecule has 1 fully saturated rings. The topological polar surface area (TPSA) is 38.3 Å². The molecule has 0 aromatic carbocycles. The Morgan fingerprint density at radius 1 is 1.50 bits per heavy atom. The van der Waals surface area contributed by atoms with Crippen LogP contribution in [0.25, 0.3) is 0 Å². The second-order valence-electron chi connectivity index (χ2n) is 4.01. The quantitative estimate of drug-likeness (QED) is 0.702. The summed E-state index contributed by atoms with van der Waals surface area (Å²) in [5.41, 5.74) is 0. The predicted octanol–water partition coefficient (Wildman–Crippen LogP) is 1.86. The SMILES string of the molecule is CCCC[C@@H]1CCC[C@H](C(=O)OC)N1. The van der Waals surface area contributed by atoms with Gasteiger partial charge in [-0.05, 0) is 25.7 Å². The van der Waals surface area contributed by atoms with Crippen molar-refractivity contribution in [1.29, 1.82) is 0 Å². The lowest BCUT2D eigenvalue weighted by Gasteiger charge is -2.29. The Labute approximate surface area is 86.2 Å². The number of esters is 1. The molecule has 82 valence electrons.